The first-order chi connectivity index (χ1) is 17.4. The van der Waals surface area contributed by atoms with Crippen LogP contribution in [0.1, 0.15) is 23.1 Å². The van der Waals surface area contributed by atoms with Crippen molar-refractivity contribution in [3.05, 3.63) is 99.5 Å². The fraction of sp³-hybridized carbons (Fsp3) is 0.259. The van der Waals surface area contributed by atoms with E-state index in [9.17, 15) is 13.6 Å². The number of nitrogens with one attached hydrogen (secondary N) is 1. The molecule has 1 aliphatic rings. The highest BCUT2D eigenvalue weighted by Crippen LogP contribution is 2.28. The molecule has 9 heteroatoms. The Hall–Kier alpha value is -3.30. The first-order valence-electron chi connectivity index (χ1n) is 11.4. The number of aliphatic imine (C=N–C) groups is 1. The third kappa shape index (κ3) is 6.09. The minimum atomic E-state index is -1.32. The van der Waals surface area contributed by atoms with Gasteiger partial charge in [-0.2, -0.15) is 0 Å². The van der Waals surface area contributed by atoms with Crippen LogP contribution in [0.5, 0.6) is 5.75 Å². The number of carbonyl (C=O) groups excluding carboxylic acids is 1. The monoisotopic (exact) mass is 558 g/mol. The van der Waals surface area contributed by atoms with Gasteiger partial charge in [0.25, 0.3) is 5.91 Å². The number of aliphatic hydroxyl groups is 1. The largest absolute Gasteiger partial charge is 0.494 e. The number of ether oxygens (including phenoxy) is 2. The summed E-state index contributed by atoms with van der Waals surface area (Å²) in [4.78, 5) is 18.1. The first kappa shape index (κ1) is 25.8. The number of rotatable bonds is 10. The average Bonchev–Trinajstić information content (AvgIpc) is 3.31. The van der Waals surface area contributed by atoms with E-state index in [4.69, 9.17) is 14.6 Å². The molecule has 0 saturated heterocycles. The second-order valence-electron chi connectivity index (χ2n) is 8.37. The fourth-order valence-corrected chi connectivity index (χ4v) is 4.07. The van der Waals surface area contributed by atoms with Crippen LogP contribution >= 0.6 is 15.9 Å². The number of halogens is 3. The number of hydrogen-bond donors (Lipinski definition) is 2. The molecule has 0 aliphatic carbocycles. The highest BCUT2D eigenvalue weighted by atomic mass is 79.9. The maximum Gasteiger partial charge on any atom is 0.252 e. The Labute approximate surface area is 216 Å². The normalized spacial score (nSPS) is 16.8. The van der Waals surface area contributed by atoms with Crippen molar-refractivity contribution in [2.75, 3.05) is 19.8 Å². The van der Waals surface area contributed by atoms with Gasteiger partial charge in [-0.3, -0.25) is 4.79 Å². The zero-order valence-electron chi connectivity index (χ0n) is 19.3. The van der Waals surface area contributed by atoms with E-state index in [1.807, 2.05) is 24.3 Å². The van der Waals surface area contributed by atoms with Crippen LogP contribution in [-0.2, 0) is 22.5 Å². The highest BCUT2D eigenvalue weighted by Gasteiger charge is 2.44. The molecule has 0 bridgehead atoms. The maximum absolute atomic E-state index is 14.1. The summed E-state index contributed by atoms with van der Waals surface area (Å²) in [6, 6.07) is 18.1. The van der Waals surface area contributed by atoms with Crippen molar-refractivity contribution >= 4 is 27.7 Å². The quantitative estimate of drug-likeness (QED) is 0.357. The van der Waals surface area contributed by atoms with E-state index < -0.39 is 23.1 Å². The molecule has 36 heavy (non-hydrogen) atoms. The molecular weight excluding hydrogens is 534 g/mol. The van der Waals surface area contributed by atoms with E-state index in [2.05, 4.69) is 26.2 Å². The molecule has 1 aliphatic heterocycles. The highest BCUT2D eigenvalue weighted by molar-refractivity contribution is 9.10. The number of amides is 1. The molecular formula is C27H25BrF2N2O4. The van der Waals surface area contributed by atoms with Gasteiger partial charge in [0.15, 0.2) is 5.54 Å². The SMILES string of the molecule is O=C(NCc1c(F)cccc1F)[C@@]1(Cc2ccc(Br)cc2)COC(c2ccc(OCCCO)cc2)=N1. The summed E-state index contributed by atoms with van der Waals surface area (Å²) < 4.78 is 40.5. The number of benzene rings is 3. The third-order valence-electron chi connectivity index (χ3n) is 5.76. The number of carbonyl (C=O) groups is 1. The number of hydrogen-bond acceptors (Lipinski definition) is 5. The smallest absolute Gasteiger partial charge is 0.252 e. The van der Waals surface area contributed by atoms with Gasteiger partial charge in [-0.05, 0) is 54.1 Å². The fourth-order valence-electron chi connectivity index (χ4n) is 3.80. The van der Waals surface area contributed by atoms with Gasteiger partial charge >= 0.3 is 0 Å². The van der Waals surface area contributed by atoms with Crippen LogP contribution in [0.15, 0.2) is 76.2 Å². The van der Waals surface area contributed by atoms with Crippen LogP contribution < -0.4 is 10.1 Å². The zero-order valence-corrected chi connectivity index (χ0v) is 20.9. The number of aliphatic hydroxyl groups excluding tert-OH is 1. The van der Waals surface area contributed by atoms with Gasteiger partial charge in [0.2, 0.25) is 5.90 Å². The molecule has 3 aromatic rings. The predicted octanol–water partition coefficient (Wildman–Crippen LogP) is 4.56. The summed E-state index contributed by atoms with van der Waals surface area (Å²) in [7, 11) is 0. The van der Waals surface area contributed by atoms with Crippen molar-refractivity contribution in [2.24, 2.45) is 4.99 Å². The van der Waals surface area contributed by atoms with Gasteiger partial charge < -0.3 is 19.9 Å². The Morgan fingerprint density at radius 3 is 2.44 bits per heavy atom. The van der Waals surface area contributed by atoms with E-state index in [0.29, 0.717) is 30.2 Å². The molecule has 1 amide bonds. The summed E-state index contributed by atoms with van der Waals surface area (Å²) in [5.74, 6) is -1.03. The Balaban J connectivity index is 1.57. The summed E-state index contributed by atoms with van der Waals surface area (Å²) in [6.07, 6.45) is 0.764. The third-order valence-corrected chi connectivity index (χ3v) is 6.28. The van der Waals surface area contributed by atoms with Gasteiger partial charge in [-0.1, -0.05) is 34.1 Å². The van der Waals surface area contributed by atoms with E-state index in [1.54, 1.807) is 24.3 Å². The van der Waals surface area contributed by atoms with Crippen molar-refractivity contribution in [1.82, 2.24) is 5.32 Å². The molecule has 6 nitrogen and oxygen atoms in total. The molecule has 4 rings (SSSR count). The lowest BCUT2D eigenvalue weighted by molar-refractivity contribution is -0.126. The van der Waals surface area contributed by atoms with Crippen molar-refractivity contribution < 1.29 is 28.2 Å². The van der Waals surface area contributed by atoms with E-state index >= 15 is 0 Å². The van der Waals surface area contributed by atoms with Gasteiger partial charge in [0, 0.05) is 41.6 Å². The molecule has 0 unspecified atom stereocenters. The Morgan fingerprint density at radius 1 is 1.08 bits per heavy atom. The molecule has 0 fully saturated rings. The summed E-state index contributed by atoms with van der Waals surface area (Å²) in [6.45, 7) is 0.101. The van der Waals surface area contributed by atoms with Crippen LogP contribution in [0.2, 0.25) is 0 Å². The van der Waals surface area contributed by atoms with Gasteiger partial charge in [-0.25, -0.2) is 13.8 Å². The van der Waals surface area contributed by atoms with E-state index in [0.717, 1.165) is 22.2 Å². The zero-order chi connectivity index (χ0) is 25.5. The Kier molecular flexibility index (Phi) is 8.32. The standard InChI is InChI=1S/C27H25BrF2N2O4/c28-20-9-5-18(6-10-20)15-27(26(34)31-16-22-23(29)3-1-4-24(22)30)17-36-25(32-27)19-7-11-21(12-8-19)35-14-2-13-33/h1,3-12,33H,2,13-17H2,(H,31,34)/t27-/m1/s1. The van der Waals surface area contributed by atoms with E-state index in [1.165, 1.54) is 6.07 Å². The lowest BCUT2D eigenvalue weighted by atomic mass is 9.91. The molecule has 0 saturated carbocycles. The molecule has 1 heterocycles. The van der Waals surface area contributed by atoms with Crippen molar-refractivity contribution in [3.63, 3.8) is 0 Å². The van der Waals surface area contributed by atoms with Crippen LogP contribution in [-0.4, -0.2) is 42.3 Å². The van der Waals surface area contributed by atoms with E-state index in [-0.39, 0.29) is 31.7 Å². The summed E-state index contributed by atoms with van der Waals surface area (Å²) in [5, 5.41) is 11.5. The minimum absolute atomic E-state index is 0.0290. The van der Waals surface area contributed by atoms with Crippen molar-refractivity contribution in [2.45, 2.75) is 24.9 Å². The Bertz CT molecular complexity index is 1220. The number of nitrogens with zero attached hydrogens (tertiary/aromatic N) is 1. The van der Waals surface area contributed by atoms with Crippen LogP contribution in [0.25, 0.3) is 0 Å². The molecule has 188 valence electrons. The molecule has 0 radical (unpaired) electrons. The Morgan fingerprint density at radius 2 is 1.78 bits per heavy atom. The summed E-state index contributed by atoms with van der Waals surface area (Å²) in [5.41, 5.74) is -0.0207. The minimum Gasteiger partial charge on any atom is -0.494 e. The molecule has 3 aromatic carbocycles. The second-order valence-corrected chi connectivity index (χ2v) is 9.29. The van der Waals surface area contributed by atoms with Gasteiger partial charge in [0.1, 0.15) is 24.0 Å². The van der Waals surface area contributed by atoms with Crippen molar-refractivity contribution in [3.8, 4) is 5.75 Å². The second kappa shape index (κ2) is 11.6. The van der Waals surface area contributed by atoms with Gasteiger partial charge in [-0.15, -0.1) is 0 Å². The van der Waals surface area contributed by atoms with Crippen LogP contribution in [0.4, 0.5) is 8.78 Å². The van der Waals surface area contributed by atoms with Crippen LogP contribution in [0, 0.1) is 11.6 Å². The predicted molar refractivity (Wildman–Crippen MR) is 135 cm³/mol. The van der Waals surface area contributed by atoms with Crippen LogP contribution in [0.3, 0.4) is 0 Å². The molecule has 0 spiro atoms. The lowest BCUT2D eigenvalue weighted by Gasteiger charge is -2.23. The summed E-state index contributed by atoms with van der Waals surface area (Å²) >= 11 is 3.41. The van der Waals surface area contributed by atoms with Crippen molar-refractivity contribution in [1.29, 1.82) is 0 Å². The average molecular weight is 559 g/mol. The molecule has 2 N–H and O–H groups in total. The lowest BCUT2D eigenvalue weighted by Crippen LogP contribution is -2.48. The topological polar surface area (TPSA) is 80.2 Å². The molecule has 1 atom stereocenters. The maximum atomic E-state index is 14.1. The first-order valence-corrected chi connectivity index (χ1v) is 12.2. The van der Waals surface area contributed by atoms with Gasteiger partial charge in [0.05, 0.1) is 6.61 Å². The molecule has 0 aromatic heterocycles.